The van der Waals surface area contributed by atoms with Gasteiger partial charge in [0.15, 0.2) is 5.96 Å². The molecule has 5 nitrogen and oxygen atoms in total. The van der Waals surface area contributed by atoms with Crippen molar-refractivity contribution in [2.24, 2.45) is 10.9 Å². The number of rotatable bonds is 7. The summed E-state index contributed by atoms with van der Waals surface area (Å²) in [5.41, 5.74) is 1.24. The summed E-state index contributed by atoms with van der Waals surface area (Å²) in [4.78, 5) is 8.97. The van der Waals surface area contributed by atoms with Crippen LogP contribution in [0.25, 0.3) is 0 Å². The molecular formula is C20H34N4O. The quantitative estimate of drug-likeness (QED) is 0.468. The van der Waals surface area contributed by atoms with E-state index in [1.807, 2.05) is 7.05 Å². The van der Waals surface area contributed by atoms with Crippen LogP contribution in [0.1, 0.15) is 31.7 Å². The summed E-state index contributed by atoms with van der Waals surface area (Å²) < 4.78 is 5.78. The maximum atomic E-state index is 5.78. The first-order valence-corrected chi connectivity index (χ1v) is 9.40. The number of ether oxygens (including phenoxy) is 1. The second kappa shape index (κ2) is 10.3. The Kier molecular flexibility index (Phi) is 8.06. The van der Waals surface area contributed by atoms with Gasteiger partial charge in [0.2, 0.25) is 0 Å². The summed E-state index contributed by atoms with van der Waals surface area (Å²) in [6.45, 7) is 7.13. The van der Waals surface area contributed by atoms with Crippen LogP contribution in [0.4, 0.5) is 0 Å². The molecule has 1 N–H and O–H groups in total. The molecular weight excluding hydrogens is 312 g/mol. The highest BCUT2D eigenvalue weighted by Gasteiger charge is 2.18. The van der Waals surface area contributed by atoms with Crippen LogP contribution in [0.2, 0.25) is 0 Å². The molecule has 1 aliphatic rings. The molecule has 140 valence electrons. The van der Waals surface area contributed by atoms with E-state index in [1.54, 1.807) is 0 Å². The molecule has 25 heavy (non-hydrogen) atoms. The van der Waals surface area contributed by atoms with Crippen molar-refractivity contribution in [1.29, 1.82) is 0 Å². The van der Waals surface area contributed by atoms with Crippen molar-refractivity contribution in [3.63, 3.8) is 0 Å². The highest BCUT2D eigenvalue weighted by molar-refractivity contribution is 5.79. The van der Waals surface area contributed by atoms with Gasteiger partial charge < -0.3 is 19.9 Å². The molecule has 1 saturated heterocycles. The number of aliphatic imine (C=N–C) groups is 1. The summed E-state index contributed by atoms with van der Waals surface area (Å²) in [5, 5.41) is 3.48. The Hall–Kier alpha value is -1.75. The molecule has 1 fully saturated rings. The lowest BCUT2D eigenvalue weighted by molar-refractivity contribution is 0.273. The molecule has 1 aromatic rings. The molecule has 0 unspecified atom stereocenters. The van der Waals surface area contributed by atoms with Crippen molar-refractivity contribution in [2.75, 3.05) is 47.4 Å². The maximum Gasteiger partial charge on any atom is 0.193 e. The Morgan fingerprint density at radius 3 is 2.52 bits per heavy atom. The molecule has 1 aliphatic heterocycles. The fourth-order valence-corrected chi connectivity index (χ4v) is 3.01. The topological polar surface area (TPSA) is 40.1 Å². The number of hydrogen-bond acceptors (Lipinski definition) is 3. The van der Waals surface area contributed by atoms with Gasteiger partial charge in [-0.25, -0.2) is 0 Å². The third-order valence-electron chi connectivity index (χ3n) is 4.69. The maximum absolute atomic E-state index is 5.78. The van der Waals surface area contributed by atoms with Crippen molar-refractivity contribution in [3.8, 4) is 5.75 Å². The fourth-order valence-electron chi connectivity index (χ4n) is 3.01. The molecule has 0 radical (unpaired) electrons. The first kappa shape index (κ1) is 19.6. The largest absolute Gasteiger partial charge is 0.494 e. The number of nitrogens with zero attached hydrogens (tertiary/aromatic N) is 3. The summed E-state index contributed by atoms with van der Waals surface area (Å²) in [5.74, 6) is 2.78. The van der Waals surface area contributed by atoms with Gasteiger partial charge in [-0.2, -0.15) is 0 Å². The van der Waals surface area contributed by atoms with Crippen molar-refractivity contribution in [2.45, 2.75) is 32.7 Å². The highest BCUT2D eigenvalue weighted by atomic mass is 16.5. The van der Waals surface area contributed by atoms with Gasteiger partial charge >= 0.3 is 0 Å². The van der Waals surface area contributed by atoms with Crippen LogP contribution >= 0.6 is 0 Å². The van der Waals surface area contributed by atoms with E-state index in [0.29, 0.717) is 0 Å². The summed E-state index contributed by atoms with van der Waals surface area (Å²) >= 11 is 0. The number of nitrogens with one attached hydrogen (secondary N) is 1. The molecule has 1 heterocycles. The van der Waals surface area contributed by atoms with E-state index in [9.17, 15) is 0 Å². The van der Waals surface area contributed by atoms with Crippen LogP contribution in [0.15, 0.2) is 29.3 Å². The number of benzene rings is 1. The lowest BCUT2D eigenvalue weighted by Gasteiger charge is -2.32. The molecule has 0 aliphatic carbocycles. The van der Waals surface area contributed by atoms with Gasteiger partial charge in [0.1, 0.15) is 5.75 Å². The molecule has 0 aromatic heterocycles. The third kappa shape index (κ3) is 6.94. The van der Waals surface area contributed by atoms with E-state index in [1.165, 1.54) is 18.4 Å². The van der Waals surface area contributed by atoms with E-state index < -0.39 is 0 Å². The van der Waals surface area contributed by atoms with Gasteiger partial charge in [0.05, 0.1) is 6.61 Å². The Morgan fingerprint density at radius 1 is 1.24 bits per heavy atom. The second-order valence-electron chi connectivity index (χ2n) is 7.22. The van der Waals surface area contributed by atoms with Crippen LogP contribution < -0.4 is 10.1 Å². The zero-order valence-corrected chi connectivity index (χ0v) is 16.3. The molecule has 1 aromatic carbocycles. The average molecular weight is 347 g/mol. The van der Waals surface area contributed by atoms with Crippen LogP contribution in [0.5, 0.6) is 5.75 Å². The van der Waals surface area contributed by atoms with Crippen molar-refractivity contribution in [3.05, 3.63) is 29.8 Å². The van der Waals surface area contributed by atoms with E-state index in [2.05, 4.69) is 65.4 Å². The van der Waals surface area contributed by atoms with Crippen LogP contribution in [0, 0.1) is 5.92 Å². The molecule has 0 saturated carbocycles. The molecule has 0 atom stereocenters. The summed E-state index contributed by atoms with van der Waals surface area (Å²) in [6, 6.07) is 8.36. The molecule has 0 spiro atoms. The number of piperidine rings is 1. The van der Waals surface area contributed by atoms with Crippen molar-refractivity contribution in [1.82, 2.24) is 15.1 Å². The van der Waals surface area contributed by atoms with Gasteiger partial charge in [0, 0.05) is 33.2 Å². The SMILES string of the molecule is CN=C(NCc1ccc(OCCCN(C)C)cc1)N1CCC(C)CC1. The zero-order valence-electron chi connectivity index (χ0n) is 16.3. The predicted octanol–water partition coefficient (Wildman–Crippen LogP) is 2.82. The third-order valence-corrected chi connectivity index (χ3v) is 4.69. The van der Waals surface area contributed by atoms with Crippen LogP contribution in [-0.2, 0) is 6.54 Å². The number of guanidine groups is 1. The lowest BCUT2D eigenvalue weighted by atomic mass is 10.00. The van der Waals surface area contributed by atoms with Gasteiger partial charge in [-0.3, -0.25) is 4.99 Å². The van der Waals surface area contributed by atoms with E-state index >= 15 is 0 Å². The zero-order chi connectivity index (χ0) is 18.1. The highest BCUT2D eigenvalue weighted by Crippen LogP contribution is 2.16. The summed E-state index contributed by atoms with van der Waals surface area (Å²) in [7, 11) is 6.03. The molecule has 0 amide bonds. The first-order chi connectivity index (χ1) is 12.1. The normalized spacial score (nSPS) is 16.4. The Morgan fingerprint density at radius 2 is 1.92 bits per heavy atom. The Labute approximate surface area is 153 Å². The second-order valence-corrected chi connectivity index (χ2v) is 7.22. The first-order valence-electron chi connectivity index (χ1n) is 9.40. The standard InChI is InChI=1S/C20H34N4O/c1-17-10-13-24(14-11-17)20(21-2)22-16-18-6-8-19(9-7-18)25-15-5-12-23(3)4/h6-9,17H,5,10-16H2,1-4H3,(H,21,22). The van der Waals surface area contributed by atoms with Crippen molar-refractivity contribution >= 4 is 5.96 Å². The molecule has 0 bridgehead atoms. The minimum Gasteiger partial charge on any atom is -0.494 e. The number of hydrogen-bond donors (Lipinski definition) is 1. The molecule has 2 rings (SSSR count). The smallest absolute Gasteiger partial charge is 0.193 e. The van der Waals surface area contributed by atoms with Crippen molar-refractivity contribution < 1.29 is 4.74 Å². The number of likely N-dealkylation sites (tertiary alicyclic amines) is 1. The van der Waals surface area contributed by atoms with Gasteiger partial charge in [0.25, 0.3) is 0 Å². The van der Waals surface area contributed by atoms with Gasteiger partial charge in [-0.05, 0) is 57.0 Å². The Bertz CT molecular complexity index is 519. The van der Waals surface area contributed by atoms with E-state index in [0.717, 1.165) is 56.8 Å². The average Bonchev–Trinajstić information content (AvgIpc) is 2.61. The minimum atomic E-state index is 0.760. The summed E-state index contributed by atoms with van der Waals surface area (Å²) in [6.07, 6.45) is 3.54. The Balaban J connectivity index is 1.74. The predicted molar refractivity (Wildman–Crippen MR) is 105 cm³/mol. The molecule has 5 heteroatoms. The minimum absolute atomic E-state index is 0.760. The van der Waals surface area contributed by atoms with E-state index in [4.69, 9.17) is 4.74 Å². The monoisotopic (exact) mass is 346 g/mol. The van der Waals surface area contributed by atoms with Gasteiger partial charge in [-0.15, -0.1) is 0 Å². The van der Waals surface area contributed by atoms with Crippen LogP contribution in [-0.4, -0.2) is 63.1 Å². The lowest BCUT2D eigenvalue weighted by Crippen LogP contribution is -2.45. The van der Waals surface area contributed by atoms with E-state index in [-0.39, 0.29) is 0 Å². The van der Waals surface area contributed by atoms with Crippen LogP contribution in [0.3, 0.4) is 0 Å². The fraction of sp³-hybridized carbons (Fsp3) is 0.650. The van der Waals surface area contributed by atoms with Gasteiger partial charge in [-0.1, -0.05) is 19.1 Å².